The Bertz CT molecular complexity index is 774. The summed E-state index contributed by atoms with van der Waals surface area (Å²) in [7, 11) is 6.47. The van der Waals surface area contributed by atoms with Crippen molar-refractivity contribution >= 4 is 17.6 Å². The van der Waals surface area contributed by atoms with Gasteiger partial charge in [-0.3, -0.25) is 4.99 Å². The second-order valence-corrected chi connectivity index (χ2v) is 6.13. The third-order valence-electron chi connectivity index (χ3n) is 3.87. The maximum atomic E-state index is 5.94. The van der Waals surface area contributed by atoms with Crippen molar-refractivity contribution in [1.82, 2.24) is 10.6 Å². The molecule has 2 rings (SSSR count). The quantitative estimate of drug-likeness (QED) is 0.378. The fraction of sp³-hybridized carbons (Fsp3) is 0.350. The Balaban J connectivity index is 1.86. The first kappa shape index (κ1) is 21.5. The molecule has 2 aromatic carbocycles. The van der Waals surface area contributed by atoms with Crippen LogP contribution in [0.25, 0.3) is 0 Å². The normalized spacial score (nSPS) is 11.0. The molecule has 0 spiro atoms. The van der Waals surface area contributed by atoms with Crippen molar-refractivity contribution in [3.8, 4) is 23.0 Å². The summed E-state index contributed by atoms with van der Waals surface area (Å²) in [6.45, 7) is 1.60. The Hall–Kier alpha value is -2.80. The summed E-state index contributed by atoms with van der Waals surface area (Å²) >= 11 is 5.94. The minimum absolute atomic E-state index is 0.477. The third-order valence-corrected chi connectivity index (χ3v) is 4.10. The van der Waals surface area contributed by atoms with Crippen molar-refractivity contribution in [2.45, 2.75) is 6.54 Å². The highest BCUT2D eigenvalue weighted by Crippen LogP contribution is 2.38. The molecular weight excluding hydrogens is 382 g/mol. The largest absolute Gasteiger partial charge is 0.493 e. The van der Waals surface area contributed by atoms with E-state index in [2.05, 4.69) is 15.6 Å². The molecule has 7 nitrogen and oxygen atoms in total. The lowest BCUT2D eigenvalue weighted by Gasteiger charge is -2.16. The SMILES string of the molecule is CN=C(NCCOc1cccc(Cl)c1)NCc1cc(OC)c(OC)c(OC)c1. The zero-order valence-corrected chi connectivity index (χ0v) is 17.3. The van der Waals surface area contributed by atoms with Crippen LogP contribution >= 0.6 is 11.6 Å². The number of hydrogen-bond donors (Lipinski definition) is 2. The van der Waals surface area contributed by atoms with E-state index in [1.54, 1.807) is 34.4 Å². The van der Waals surface area contributed by atoms with Crippen molar-refractivity contribution < 1.29 is 18.9 Å². The van der Waals surface area contributed by atoms with Crippen LogP contribution in [-0.4, -0.2) is 47.5 Å². The highest BCUT2D eigenvalue weighted by atomic mass is 35.5. The number of nitrogens with one attached hydrogen (secondary N) is 2. The van der Waals surface area contributed by atoms with Gasteiger partial charge in [0.15, 0.2) is 17.5 Å². The maximum Gasteiger partial charge on any atom is 0.203 e. The molecule has 2 aromatic rings. The van der Waals surface area contributed by atoms with Gasteiger partial charge in [0.25, 0.3) is 0 Å². The van der Waals surface area contributed by atoms with Gasteiger partial charge in [-0.1, -0.05) is 17.7 Å². The Morgan fingerprint density at radius 1 is 1.00 bits per heavy atom. The van der Waals surface area contributed by atoms with Gasteiger partial charge in [0.2, 0.25) is 5.75 Å². The van der Waals surface area contributed by atoms with Gasteiger partial charge >= 0.3 is 0 Å². The van der Waals surface area contributed by atoms with Crippen LogP contribution < -0.4 is 29.6 Å². The minimum Gasteiger partial charge on any atom is -0.493 e. The first-order chi connectivity index (χ1) is 13.6. The summed E-state index contributed by atoms with van der Waals surface area (Å²) in [5.41, 5.74) is 0.965. The number of methoxy groups -OCH3 is 3. The smallest absolute Gasteiger partial charge is 0.203 e. The van der Waals surface area contributed by atoms with E-state index < -0.39 is 0 Å². The lowest BCUT2D eigenvalue weighted by molar-refractivity contribution is 0.322. The number of hydrogen-bond acceptors (Lipinski definition) is 5. The van der Waals surface area contributed by atoms with E-state index in [0.29, 0.717) is 47.9 Å². The van der Waals surface area contributed by atoms with Gasteiger partial charge in [-0.15, -0.1) is 0 Å². The first-order valence-corrected chi connectivity index (χ1v) is 9.10. The molecule has 0 atom stereocenters. The van der Waals surface area contributed by atoms with E-state index >= 15 is 0 Å². The molecule has 2 N–H and O–H groups in total. The molecule has 0 aromatic heterocycles. The van der Waals surface area contributed by atoms with E-state index in [4.69, 9.17) is 30.5 Å². The minimum atomic E-state index is 0.477. The Morgan fingerprint density at radius 3 is 2.29 bits per heavy atom. The summed E-state index contributed by atoms with van der Waals surface area (Å²) < 4.78 is 21.8. The third kappa shape index (κ3) is 6.13. The topological polar surface area (TPSA) is 73.3 Å². The van der Waals surface area contributed by atoms with E-state index in [1.165, 1.54) is 0 Å². The summed E-state index contributed by atoms with van der Waals surface area (Å²) in [4.78, 5) is 4.21. The molecule has 0 unspecified atom stereocenters. The number of aliphatic imine (C=N–C) groups is 1. The Kier molecular flexibility index (Phi) is 8.55. The molecule has 0 heterocycles. The molecule has 0 fully saturated rings. The number of guanidine groups is 1. The zero-order valence-electron chi connectivity index (χ0n) is 16.5. The van der Waals surface area contributed by atoms with Crippen LogP contribution in [0.3, 0.4) is 0 Å². The van der Waals surface area contributed by atoms with E-state index in [-0.39, 0.29) is 0 Å². The molecule has 0 aliphatic rings. The number of halogens is 1. The van der Waals surface area contributed by atoms with E-state index in [0.717, 1.165) is 11.3 Å². The zero-order chi connectivity index (χ0) is 20.4. The van der Waals surface area contributed by atoms with Crippen molar-refractivity contribution in [3.05, 3.63) is 47.0 Å². The van der Waals surface area contributed by atoms with E-state index in [9.17, 15) is 0 Å². The van der Waals surface area contributed by atoms with Crippen LogP contribution in [-0.2, 0) is 6.54 Å². The Morgan fingerprint density at radius 2 is 1.71 bits per heavy atom. The fourth-order valence-corrected chi connectivity index (χ4v) is 2.72. The van der Waals surface area contributed by atoms with E-state index in [1.807, 2.05) is 30.3 Å². The van der Waals surface area contributed by atoms with Crippen LogP contribution in [0.2, 0.25) is 5.02 Å². The van der Waals surface area contributed by atoms with Crippen LogP contribution in [0.1, 0.15) is 5.56 Å². The molecule has 0 bridgehead atoms. The van der Waals surface area contributed by atoms with Crippen molar-refractivity contribution in [2.75, 3.05) is 41.5 Å². The van der Waals surface area contributed by atoms with Crippen molar-refractivity contribution in [3.63, 3.8) is 0 Å². The molecule has 0 saturated carbocycles. The van der Waals surface area contributed by atoms with Crippen molar-refractivity contribution in [1.29, 1.82) is 0 Å². The van der Waals surface area contributed by atoms with Gasteiger partial charge in [-0.2, -0.15) is 0 Å². The lowest BCUT2D eigenvalue weighted by atomic mass is 10.2. The van der Waals surface area contributed by atoms with Gasteiger partial charge in [-0.25, -0.2) is 0 Å². The van der Waals surface area contributed by atoms with Crippen molar-refractivity contribution in [2.24, 2.45) is 4.99 Å². The highest BCUT2D eigenvalue weighted by molar-refractivity contribution is 6.30. The second-order valence-electron chi connectivity index (χ2n) is 5.69. The monoisotopic (exact) mass is 407 g/mol. The summed E-state index contributed by atoms with van der Waals surface area (Å²) in [5, 5.41) is 7.09. The number of rotatable bonds is 9. The predicted molar refractivity (Wildman–Crippen MR) is 111 cm³/mol. The average Bonchev–Trinajstić information content (AvgIpc) is 2.72. The highest BCUT2D eigenvalue weighted by Gasteiger charge is 2.13. The first-order valence-electron chi connectivity index (χ1n) is 8.73. The molecule has 28 heavy (non-hydrogen) atoms. The summed E-state index contributed by atoms with van der Waals surface area (Å²) in [6, 6.07) is 11.1. The molecule has 0 aliphatic carbocycles. The average molecular weight is 408 g/mol. The summed E-state index contributed by atoms with van der Waals surface area (Å²) in [6.07, 6.45) is 0. The van der Waals surface area contributed by atoms with Gasteiger partial charge in [-0.05, 0) is 35.9 Å². The van der Waals surface area contributed by atoms with Gasteiger partial charge in [0.05, 0.1) is 27.9 Å². The molecule has 0 aliphatic heterocycles. The molecular formula is C20H26ClN3O4. The van der Waals surface area contributed by atoms with Gasteiger partial charge < -0.3 is 29.6 Å². The van der Waals surface area contributed by atoms with Crippen LogP contribution in [0.5, 0.6) is 23.0 Å². The lowest BCUT2D eigenvalue weighted by Crippen LogP contribution is -2.38. The van der Waals surface area contributed by atoms with Crippen LogP contribution in [0.15, 0.2) is 41.4 Å². The molecule has 8 heteroatoms. The molecule has 0 saturated heterocycles. The predicted octanol–water partition coefficient (Wildman–Crippen LogP) is 3.11. The fourth-order valence-electron chi connectivity index (χ4n) is 2.54. The van der Waals surface area contributed by atoms with Crippen LogP contribution in [0, 0.1) is 0 Å². The van der Waals surface area contributed by atoms with Crippen LogP contribution in [0.4, 0.5) is 0 Å². The van der Waals surface area contributed by atoms with Gasteiger partial charge in [0.1, 0.15) is 12.4 Å². The maximum absolute atomic E-state index is 5.94. The summed E-state index contributed by atoms with van der Waals surface area (Å²) in [5.74, 6) is 3.17. The second kappa shape index (κ2) is 11.1. The molecule has 0 amide bonds. The molecule has 0 radical (unpaired) electrons. The number of benzene rings is 2. The number of ether oxygens (including phenoxy) is 4. The van der Waals surface area contributed by atoms with Gasteiger partial charge in [0, 0.05) is 18.6 Å². The molecule has 152 valence electrons. The number of nitrogens with zero attached hydrogens (tertiary/aromatic N) is 1. The standard InChI is InChI=1S/C20H26ClN3O4/c1-22-20(23-8-9-28-16-7-5-6-15(21)12-16)24-13-14-10-17(25-2)19(27-4)18(11-14)26-3/h5-7,10-12H,8-9,13H2,1-4H3,(H2,22,23,24). The Labute approximate surface area is 170 Å².